The van der Waals surface area contributed by atoms with Crippen molar-refractivity contribution in [2.24, 2.45) is 0 Å². The topological polar surface area (TPSA) is 26.0 Å². The van der Waals surface area contributed by atoms with Crippen LogP contribution in [0.2, 0.25) is 0 Å². The summed E-state index contributed by atoms with van der Waals surface area (Å²) >= 11 is 0.909. The van der Waals surface area contributed by atoms with E-state index in [2.05, 4.69) is 11.6 Å². The fourth-order valence-corrected chi connectivity index (χ4v) is 1.64. The number of hydrogen-bond acceptors (Lipinski definition) is 3. The molecule has 0 fully saturated rings. The fraction of sp³-hybridized carbons (Fsp3) is 0.375. The van der Waals surface area contributed by atoms with Gasteiger partial charge in [-0.05, 0) is 19.6 Å². The summed E-state index contributed by atoms with van der Waals surface area (Å²) in [5.74, 6) is 0.392. The van der Waals surface area contributed by atoms with Crippen molar-refractivity contribution >= 4 is 18.7 Å². The van der Waals surface area contributed by atoms with E-state index in [4.69, 9.17) is 4.42 Å². The van der Waals surface area contributed by atoms with Crippen LogP contribution in [-0.4, -0.2) is 17.7 Å². The van der Waals surface area contributed by atoms with Gasteiger partial charge in [0.1, 0.15) is 5.76 Å². The Morgan fingerprint density at radius 1 is 1.47 bits per heavy atom. The maximum Gasteiger partial charge on any atom is 0.505 e. The molecule has 0 N–H and O–H groups in total. The molecule has 1 heterocycles. The molecule has 0 saturated heterocycles. The van der Waals surface area contributed by atoms with E-state index in [0.717, 1.165) is 11.8 Å². The summed E-state index contributed by atoms with van der Waals surface area (Å²) in [6.45, 7) is 1.48. The van der Waals surface area contributed by atoms with E-state index in [-0.39, 0.29) is 11.0 Å². The summed E-state index contributed by atoms with van der Waals surface area (Å²) in [5, 5.41) is 0.256. The smallest absolute Gasteiger partial charge is 0.445 e. The van der Waals surface area contributed by atoms with Crippen molar-refractivity contribution in [1.82, 2.24) is 4.98 Å². The molecule has 15 heavy (non-hydrogen) atoms. The molecule has 0 aliphatic heterocycles. The number of halogens is 3. The molecule has 0 aliphatic carbocycles. The van der Waals surface area contributed by atoms with Gasteiger partial charge in [0.25, 0.3) is 5.22 Å². The molecule has 0 amide bonds. The van der Waals surface area contributed by atoms with Crippen LogP contribution >= 0.6 is 11.8 Å². The second-order valence-corrected chi connectivity index (χ2v) is 4.07. The third-order valence-corrected chi connectivity index (χ3v) is 2.79. The van der Waals surface area contributed by atoms with Crippen LogP contribution in [0.15, 0.2) is 21.7 Å². The van der Waals surface area contributed by atoms with Gasteiger partial charge in [0.2, 0.25) is 0 Å². The monoisotopic (exact) mass is 236 g/mol. The molecular formula is C8H10BF3NOS-. The van der Waals surface area contributed by atoms with Crippen molar-refractivity contribution in [3.63, 3.8) is 0 Å². The normalized spacial score (nSPS) is 11.8. The van der Waals surface area contributed by atoms with Gasteiger partial charge in [0.05, 0.1) is 5.69 Å². The van der Waals surface area contributed by atoms with Crippen molar-refractivity contribution in [2.45, 2.75) is 19.1 Å². The molecule has 7 heteroatoms. The van der Waals surface area contributed by atoms with E-state index in [1.54, 1.807) is 13.8 Å². The summed E-state index contributed by atoms with van der Waals surface area (Å²) in [6, 6.07) is 0. The van der Waals surface area contributed by atoms with Crippen molar-refractivity contribution in [3.8, 4) is 0 Å². The van der Waals surface area contributed by atoms with Gasteiger partial charge in [-0.2, -0.15) is 0 Å². The molecule has 0 atom stereocenters. The average molecular weight is 236 g/mol. The van der Waals surface area contributed by atoms with Gasteiger partial charge in [-0.25, -0.2) is 4.98 Å². The lowest BCUT2D eigenvalue weighted by Crippen LogP contribution is -2.20. The Labute approximate surface area is 90.0 Å². The van der Waals surface area contributed by atoms with Gasteiger partial charge < -0.3 is 17.4 Å². The summed E-state index contributed by atoms with van der Waals surface area (Å²) in [6.07, 6.45) is 0. The van der Waals surface area contributed by atoms with Crippen molar-refractivity contribution in [3.05, 3.63) is 23.5 Å². The molecule has 0 unspecified atom stereocenters. The average Bonchev–Trinajstić information content (AvgIpc) is 2.41. The van der Waals surface area contributed by atoms with E-state index < -0.39 is 12.4 Å². The van der Waals surface area contributed by atoms with Gasteiger partial charge in [0.15, 0.2) is 0 Å². The second kappa shape index (κ2) is 4.34. The first kappa shape index (κ1) is 12.2. The molecular weight excluding hydrogens is 226 g/mol. The summed E-state index contributed by atoms with van der Waals surface area (Å²) in [4.78, 5) is 3.96. The van der Waals surface area contributed by atoms with E-state index in [1.807, 2.05) is 0 Å². The van der Waals surface area contributed by atoms with E-state index in [0.29, 0.717) is 11.5 Å². The zero-order valence-corrected chi connectivity index (χ0v) is 9.21. The third-order valence-electron chi connectivity index (χ3n) is 1.85. The number of aryl methyl sites for hydroxylation is 2. The van der Waals surface area contributed by atoms with Crippen LogP contribution in [0, 0.1) is 13.8 Å². The Hall–Kier alpha value is -0.845. The molecule has 0 aromatic carbocycles. The van der Waals surface area contributed by atoms with Gasteiger partial charge >= 0.3 is 6.98 Å². The van der Waals surface area contributed by atoms with E-state index in [9.17, 15) is 12.9 Å². The number of thioether (sulfide) groups is 1. The van der Waals surface area contributed by atoms with E-state index >= 15 is 0 Å². The fourth-order valence-electron chi connectivity index (χ4n) is 0.754. The molecule has 2 nitrogen and oxygen atoms in total. The quantitative estimate of drug-likeness (QED) is 0.592. The largest absolute Gasteiger partial charge is 0.505 e. The van der Waals surface area contributed by atoms with Crippen molar-refractivity contribution in [2.75, 3.05) is 5.75 Å². The lowest BCUT2D eigenvalue weighted by molar-refractivity contribution is 0.431. The standard InChI is InChI=1S/C8H10BF3NOS/c1-5(9(10,11)12)4-15-8-13-6(2)7(3)14-8/h1,4H2,2-3H3/q-1. The van der Waals surface area contributed by atoms with Crippen LogP contribution in [0.1, 0.15) is 11.5 Å². The van der Waals surface area contributed by atoms with Crippen LogP contribution in [0.4, 0.5) is 12.9 Å². The number of oxazole rings is 1. The Balaban J connectivity index is 2.55. The highest BCUT2D eigenvalue weighted by Crippen LogP contribution is 2.27. The highest BCUT2D eigenvalue weighted by Gasteiger charge is 2.26. The van der Waals surface area contributed by atoms with Gasteiger partial charge in [-0.3, -0.25) is 0 Å². The predicted molar refractivity (Wildman–Crippen MR) is 54.9 cm³/mol. The molecule has 0 spiro atoms. The summed E-state index contributed by atoms with van der Waals surface area (Å²) in [7, 11) is 0. The third kappa shape index (κ3) is 3.33. The van der Waals surface area contributed by atoms with Gasteiger partial charge in [0, 0.05) is 0 Å². The van der Waals surface area contributed by atoms with Crippen molar-refractivity contribution in [1.29, 1.82) is 0 Å². The first-order valence-electron chi connectivity index (χ1n) is 4.25. The van der Waals surface area contributed by atoms with Crippen LogP contribution < -0.4 is 0 Å². The molecule has 0 saturated carbocycles. The molecule has 0 aliphatic rings. The Bertz CT molecular complexity index is 355. The lowest BCUT2D eigenvalue weighted by Gasteiger charge is -2.16. The maximum absolute atomic E-state index is 12.1. The first-order chi connectivity index (χ1) is 6.80. The lowest BCUT2D eigenvalue weighted by atomic mass is 9.82. The highest BCUT2D eigenvalue weighted by atomic mass is 32.2. The van der Waals surface area contributed by atoms with Crippen LogP contribution in [-0.2, 0) is 0 Å². The number of aromatic nitrogens is 1. The number of hydrogen-bond donors (Lipinski definition) is 0. The summed E-state index contributed by atoms with van der Waals surface area (Å²) < 4.78 is 41.5. The van der Waals surface area contributed by atoms with Crippen LogP contribution in [0.3, 0.4) is 0 Å². The van der Waals surface area contributed by atoms with E-state index in [1.165, 1.54) is 0 Å². The maximum atomic E-state index is 12.1. The number of nitrogens with zero attached hydrogens (tertiary/aromatic N) is 1. The van der Waals surface area contributed by atoms with Crippen LogP contribution in [0.25, 0.3) is 0 Å². The van der Waals surface area contributed by atoms with Crippen LogP contribution in [0.5, 0.6) is 0 Å². The minimum absolute atomic E-state index is 0.233. The summed E-state index contributed by atoms with van der Waals surface area (Å²) in [5.41, 5.74) is -0.0332. The first-order valence-corrected chi connectivity index (χ1v) is 5.23. The SMILES string of the molecule is C=C(CSc1nc(C)c(C)o1)[B-](F)(F)F. The minimum atomic E-state index is -4.96. The molecule has 1 aromatic heterocycles. The Morgan fingerprint density at radius 3 is 2.47 bits per heavy atom. The molecule has 0 bridgehead atoms. The Morgan fingerprint density at radius 2 is 2.07 bits per heavy atom. The highest BCUT2D eigenvalue weighted by molar-refractivity contribution is 7.99. The zero-order chi connectivity index (χ0) is 11.6. The van der Waals surface area contributed by atoms with Crippen molar-refractivity contribution < 1.29 is 17.4 Å². The number of rotatable bonds is 4. The van der Waals surface area contributed by atoms with Gasteiger partial charge in [-0.15, -0.1) is 12.1 Å². The minimum Gasteiger partial charge on any atom is -0.445 e. The molecule has 1 aromatic rings. The zero-order valence-electron chi connectivity index (χ0n) is 8.39. The molecule has 0 radical (unpaired) electrons. The molecule has 84 valence electrons. The second-order valence-electron chi connectivity index (χ2n) is 3.14. The molecule has 1 rings (SSSR count). The Kier molecular flexibility index (Phi) is 3.54. The predicted octanol–water partition coefficient (Wildman–Crippen LogP) is 3.33. The van der Waals surface area contributed by atoms with Gasteiger partial charge in [-0.1, -0.05) is 11.8 Å².